The Hall–Kier alpha value is -4.63. The van der Waals surface area contributed by atoms with Crippen molar-refractivity contribution in [3.63, 3.8) is 0 Å². The van der Waals surface area contributed by atoms with E-state index in [-0.39, 0.29) is 11.4 Å². The number of furan rings is 1. The maximum absolute atomic E-state index is 13.6. The molecule has 1 aliphatic heterocycles. The third-order valence-electron chi connectivity index (χ3n) is 6.62. The molecular formula is C29H26N4O5. The predicted molar refractivity (Wildman–Crippen MR) is 147 cm³/mol. The highest BCUT2D eigenvalue weighted by atomic mass is 16.5. The van der Waals surface area contributed by atoms with E-state index in [9.17, 15) is 4.79 Å². The van der Waals surface area contributed by atoms with Gasteiger partial charge in [-0.3, -0.25) is 4.79 Å². The quantitative estimate of drug-likeness (QED) is 0.310. The Balaban J connectivity index is 1.47. The number of nitrogens with zero attached hydrogens (tertiary/aromatic N) is 4. The molecular weight excluding hydrogens is 484 g/mol. The van der Waals surface area contributed by atoms with Gasteiger partial charge in [-0.05, 0) is 42.5 Å². The summed E-state index contributed by atoms with van der Waals surface area (Å²) in [6.07, 6.45) is 1.60. The molecule has 3 aromatic carbocycles. The number of methoxy groups -OCH3 is 2. The van der Waals surface area contributed by atoms with Gasteiger partial charge in [0.1, 0.15) is 17.1 Å². The second-order valence-electron chi connectivity index (χ2n) is 8.82. The number of fused-ring (bicyclic) bond motifs is 2. The van der Waals surface area contributed by atoms with E-state index in [4.69, 9.17) is 23.6 Å². The van der Waals surface area contributed by atoms with Gasteiger partial charge < -0.3 is 23.5 Å². The first-order valence-electron chi connectivity index (χ1n) is 12.3. The van der Waals surface area contributed by atoms with Crippen molar-refractivity contribution in [3.8, 4) is 23.1 Å². The van der Waals surface area contributed by atoms with Crippen LogP contribution < -0.4 is 19.9 Å². The second kappa shape index (κ2) is 10.0. The van der Waals surface area contributed by atoms with E-state index in [1.807, 2.05) is 48.5 Å². The van der Waals surface area contributed by atoms with Gasteiger partial charge in [-0.1, -0.05) is 18.2 Å². The molecule has 38 heavy (non-hydrogen) atoms. The van der Waals surface area contributed by atoms with E-state index in [1.165, 1.54) is 4.68 Å². The van der Waals surface area contributed by atoms with Gasteiger partial charge in [0.15, 0.2) is 5.76 Å². The van der Waals surface area contributed by atoms with Gasteiger partial charge in [0.05, 0.1) is 49.9 Å². The van der Waals surface area contributed by atoms with Crippen molar-refractivity contribution in [1.82, 2.24) is 9.66 Å². The number of ether oxygens (including phenoxy) is 3. The molecule has 3 heterocycles. The number of hydrogen-bond donors (Lipinski definition) is 0. The molecule has 0 amide bonds. The fourth-order valence-electron chi connectivity index (χ4n) is 4.66. The minimum atomic E-state index is -0.307. The van der Waals surface area contributed by atoms with Crippen LogP contribution in [0.3, 0.4) is 0 Å². The summed E-state index contributed by atoms with van der Waals surface area (Å²) < 4.78 is 24.0. The molecule has 1 fully saturated rings. The van der Waals surface area contributed by atoms with Crippen LogP contribution in [0.4, 0.5) is 5.69 Å². The minimum Gasteiger partial charge on any atom is -0.496 e. The highest BCUT2D eigenvalue weighted by Gasteiger charge is 2.18. The highest BCUT2D eigenvalue weighted by Crippen LogP contribution is 2.33. The molecule has 0 aliphatic carbocycles. The highest BCUT2D eigenvalue weighted by molar-refractivity contribution is 5.89. The summed E-state index contributed by atoms with van der Waals surface area (Å²) in [6, 6.07) is 20.5. The van der Waals surface area contributed by atoms with E-state index < -0.39 is 0 Å². The summed E-state index contributed by atoms with van der Waals surface area (Å²) in [6.45, 7) is 3.03. The van der Waals surface area contributed by atoms with Crippen LogP contribution in [-0.2, 0) is 4.74 Å². The summed E-state index contributed by atoms with van der Waals surface area (Å²) in [5, 5.41) is 5.81. The van der Waals surface area contributed by atoms with Crippen LogP contribution >= 0.6 is 0 Å². The van der Waals surface area contributed by atoms with Gasteiger partial charge in [0, 0.05) is 30.4 Å². The van der Waals surface area contributed by atoms with E-state index in [0.29, 0.717) is 47.0 Å². The van der Waals surface area contributed by atoms with Crippen molar-refractivity contribution in [1.29, 1.82) is 0 Å². The Morgan fingerprint density at radius 2 is 1.74 bits per heavy atom. The number of benzene rings is 3. The molecule has 1 aliphatic rings. The summed E-state index contributed by atoms with van der Waals surface area (Å²) in [5.74, 6) is 2.00. The smallest absolute Gasteiger partial charge is 0.282 e. The first-order chi connectivity index (χ1) is 18.7. The topological polar surface area (TPSA) is 91.3 Å². The molecule has 0 unspecified atom stereocenters. The first kappa shape index (κ1) is 23.7. The summed E-state index contributed by atoms with van der Waals surface area (Å²) >= 11 is 0. The molecule has 192 valence electrons. The van der Waals surface area contributed by atoms with Crippen molar-refractivity contribution in [3.05, 3.63) is 82.6 Å². The Labute approximate surface area is 218 Å². The molecule has 0 atom stereocenters. The van der Waals surface area contributed by atoms with Crippen molar-refractivity contribution < 1.29 is 18.6 Å². The predicted octanol–water partition coefficient (Wildman–Crippen LogP) is 4.55. The van der Waals surface area contributed by atoms with Crippen LogP contribution in [0, 0.1) is 0 Å². The molecule has 0 radical (unpaired) electrons. The lowest BCUT2D eigenvalue weighted by atomic mass is 10.1. The maximum atomic E-state index is 13.6. The SMILES string of the molecule is COc1cc(N2CCOCC2)ccc1C=Nn1c(-c2cc3c(OC)cccc3o2)nc2ccccc2c1=O. The maximum Gasteiger partial charge on any atom is 0.282 e. The Bertz CT molecular complexity index is 1720. The molecule has 0 spiro atoms. The fourth-order valence-corrected chi connectivity index (χ4v) is 4.66. The number of aromatic nitrogens is 2. The lowest BCUT2D eigenvalue weighted by molar-refractivity contribution is 0.122. The van der Waals surface area contributed by atoms with Crippen molar-refractivity contribution in [2.24, 2.45) is 5.10 Å². The van der Waals surface area contributed by atoms with E-state index >= 15 is 0 Å². The monoisotopic (exact) mass is 510 g/mol. The van der Waals surface area contributed by atoms with E-state index in [2.05, 4.69) is 10.0 Å². The van der Waals surface area contributed by atoms with Gasteiger partial charge in [0.2, 0.25) is 5.82 Å². The normalized spacial score (nSPS) is 14.0. The van der Waals surface area contributed by atoms with E-state index in [1.54, 1.807) is 38.6 Å². The van der Waals surface area contributed by atoms with Gasteiger partial charge in [-0.2, -0.15) is 9.78 Å². The average molecular weight is 511 g/mol. The Morgan fingerprint density at radius 3 is 2.55 bits per heavy atom. The van der Waals surface area contributed by atoms with Crippen LogP contribution in [0.15, 0.2) is 81.0 Å². The third-order valence-corrected chi connectivity index (χ3v) is 6.62. The zero-order valence-electron chi connectivity index (χ0n) is 21.1. The first-order valence-corrected chi connectivity index (χ1v) is 12.3. The molecule has 0 saturated carbocycles. The molecule has 6 rings (SSSR count). The lowest BCUT2D eigenvalue weighted by Crippen LogP contribution is -2.36. The molecule has 5 aromatic rings. The molecule has 9 heteroatoms. The molecule has 9 nitrogen and oxygen atoms in total. The summed E-state index contributed by atoms with van der Waals surface area (Å²) in [7, 11) is 3.22. The van der Waals surface area contributed by atoms with E-state index in [0.717, 1.165) is 29.7 Å². The van der Waals surface area contributed by atoms with Gasteiger partial charge in [-0.15, -0.1) is 0 Å². The van der Waals surface area contributed by atoms with Crippen molar-refractivity contribution in [2.75, 3.05) is 45.4 Å². The summed E-state index contributed by atoms with van der Waals surface area (Å²) in [4.78, 5) is 20.6. The number of hydrogen-bond acceptors (Lipinski definition) is 8. The van der Waals surface area contributed by atoms with Crippen molar-refractivity contribution >= 4 is 33.8 Å². The number of rotatable bonds is 6. The molecule has 2 aromatic heterocycles. The van der Waals surface area contributed by atoms with Crippen LogP contribution in [0.25, 0.3) is 33.5 Å². The molecule has 1 saturated heterocycles. The van der Waals surface area contributed by atoms with Gasteiger partial charge in [0.25, 0.3) is 5.56 Å². The standard InChI is InChI=1S/C29H26N4O5/c1-35-24-8-5-9-25-22(24)17-27(38-25)28-31-23-7-4-3-6-21(23)29(34)33(28)30-18-19-10-11-20(16-26(19)36-2)32-12-14-37-15-13-32/h3-11,16-18H,12-15H2,1-2H3. The van der Waals surface area contributed by atoms with Crippen LogP contribution in [0.2, 0.25) is 0 Å². The fraction of sp³-hybridized carbons (Fsp3) is 0.207. The largest absolute Gasteiger partial charge is 0.496 e. The number of anilines is 1. The van der Waals surface area contributed by atoms with Crippen LogP contribution in [0.1, 0.15) is 5.56 Å². The zero-order valence-corrected chi connectivity index (χ0v) is 21.1. The zero-order chi connectivity index (χ0) is 26.1. The van der Waals surface area contributed by atoms with Gasteiger partial charge >= 0.3 is 0 Å². The number of morpholine rings is 1. The third kappa shape index (κ3) is 4.26. The minimum absolute atomic E-state index is 0.284. The summed E-state index contributed by atoms with van der Waals surface area (Å²) in [5.41, 5.74) is 2.64. The van der Waals surface area contributed by atoms with Crippen LogP contribution in [0.5, 0.6) is 11.5 Å². The van der Waals surface area contributed by atoms with Gasteiger partial charge in [-0.25, -0.2) is 4.98 Å². The average Bonchev–Trinajstić information content (AvgIpc) is 3.41. The number of para-hydroxylation sites is 1. The van der Waals surface area contributed by atoms with Crippen molar-refractivity contribution in [2.45, 2.75) is 0 Å². The Morgan fingerprint density at radius 1 is 0.921 bits per heavy atom. The van der Waals surface area contributed by atoms with Crippen LogP contribution in [-0.4, -0.2) is 56.4 Å². The lowest BCUT2D eigenvalue weighted by Gasteiger charge is -2.29. The molecule has 0 N–H and O–H groups in total. The second-order valence-corrected chi connectivity index (χ2v) is 8.82. The Kier molecular flexibility index (Phi) is 6.27. The molecule has 0 bridgehead atoms.